The van der Waals surface area contributed by atoms with Gasteiger partial charge in [0.2, 0.25) is 0 Å². The molecule has 29 heavy (non-hydrogen) atoms. The van der Waals surface area contributed by atoms with Gasteiger partial charge in [0.05, 0.1) is 25.3 Å². The van der Waals surface area contributed by atoms with E-state index in [4.69, 9.17) is 18.3 Å². The molecule has 0 atom stereocenters. The number of likely N-dealkylation sites (tertiary alicyclic amines) is 1. The molecule has 2 aromatic rings. The molecule has 3 rings (SSSR count). The fourth-order valence-corrected chi connectivity index (χ4v) is 3.29. The van der Waals surface area contributed by atoms with E-state index in [1.54, 1.807) is 4.90 Å². The minimum absolute atomic E-state index is 0.117. The van der Waals surface area contributed by atoms with Crippen LogP contribution in [0.5, 0.6) is 5.75 Å². The lowest BCUT2D eigenvalue weighted by atomic mass is 9.96. The van der Waals surface area contributed by atoms with Crippen LogP contribution >= 0.6 is 12.0 Å². The van der Waals surface area contributed by atoms with Gasteiger partial charge in [-0.15, -0.1) is 0 Å². The van der Waals surface area contributed by atoms with Gasteiger partial charge in [0.1, 0.15) is 5.75 Å². The molecule has 158 valence electrons. The third-order valence-electron chi connectivity index (χ3n) is 4.32. The van der Waals surface area contributed by atoms with Crippen molar-refractivity contribution in [3.8, 4) is 5.75 Å². The summed E-state index contributed by atoms with van der Waals surface area (Å²) in [6.07, 6.45) is 1.17. The third-order valence-corrected chi connectivity index (χ3v) is 4.99. The van der Waals surface area contributed by atoms with Gasteiger partial charge >= 0.3 is 6.09 Å². The summed E-state index contributed by atoms with van der Waals surface area (Å²) in [7, 11) is 1.45. The summed E-state index contributed by atoms with van der Waals surface area (Å²) in [6, 6.07) is 7.36. The molecule has 0 saturated carbocycles. The lowest BCUT2D eigenvalue weighted by Crippen LogP contribution is -2.39. The number of amides is 1. The molecule has 10 heteroatoms. The van der Waals surface area contributed by atoms with E-state index in [9.17, 15) is 4.79 Å². The van der Waals surface area contributed by atoms with Gasteiger partial charge in [0, 0.05) is 23.9 Å². The molecule has 0 unspecified atom stereocenters. The summed E-state index contributed by atoms with van der Waals surface area (Å²) in [4.78, 5) is 23.6. The highest BCUT2D eigenvalue weighted by Crippen LogP contribution is 2.27. The van der Waals surface area contributed by atoms with Crippen LogP contribution in [0.25, 0.3) is 0 Å². The first kappa shape index (κ1) is 21.4. The number of aromatic nitrogens is 2. The molecule has 2 heterocycles. The van der Waals surface area contributed by atoms with Crippen LogP contribution in [0.15, 0.2) is 33.7 Å². The van der Waals surface area contributed by atoms with Crippen LogP contribution < -0.4 is 4.74 Å². The summed E-state index contributed by atoms with van der Waals surface area (Å²) in [5.41, 5.74) is 0. The standard InChI is InChI=1S/C19H25N3O6S/c1-13(2)26-19(23)22-10-8-14(9-11-22)18-20-17(27-21-18)12-25-15-4-6-16(7-5-15)29-28-24-3/h4-7,13-14H,8-12H2,1-3H3. The molecule has 1 amide bonds. The second-order valence-electron chi connectivity index (χ2n) is 6.82. The Hall–Kier alpha value is -2.30. The topological polar surface area (TPSA) is 96.2 Å². The zero-order valence-electron chi connectivity index (χ0n) is 16.7. The van der Waals surface area contributed by atoms with Crippen LogP contribution in [0.3, 0.4) is 0 Å². The van der Waals surface area contributed by atoms with Gasteiger partial charge < -0.3 is 18.9 Å². The van der Waals surface area contributed by atoms with E-state index in [2.05, 4.69) is 15.0 Å². The van der Waals surface area contributed by atoms with Crippen molar-refractivity contribution in [2.45, 2.75) is 50.2 Å². The predicted molar refractivity (Wildman–Crippen MR) is 104 cm³/mol. The van der Waals surface area contributed by atoms with Gasteiger partial charge in [-0.3, -0.25) is 0 Å². The minimum Gasteiger partial charge on any atom is -0.484 e. The first-order valence-corrected chi connectivity index (χ1v) is 10.2. The lowest BCUT2D eigenvalue weighted by Gasteiger charge is -2.30. The van der Waals surface area contributed by atoms with E-state index >= 15 is 0 Å². The first-order valence-electron chi connectivity index (χ1n) is 9.43. The summed E-state index contributed by atoms with van der Waals surface area (Å²) < 4.78 is 21.0. The van der Waals surface area contributed by atoms with E-state index in [0.29, 0.717) is 30.6 Å². The fraction of sp³-hybridized carbons (Fsp3) is 0.526. The van der Waals surface area contributed by atoms with E-state index in [1.165, 1.54) is 7.11 Å². The fourth-order valence-electron chi connectivity index (χ4n) is 2.90. The van der Waals surface area contributed by atoms with Crippen molar-refractivity contribution in [2.75, 3.05) is 20.2 Å². The van der Waals surface area contributed by atoms with E-state index in [-0.39, 0.29) is 24.7 Å². The number of piperidine rings is 1. The highest BCUT2D eigenvalue weighted by molar-refractivity contribution is 7.94. The first-order chi connectivity index (χ1) is 14.0. The van der Waals surface area contributed by atoms with Crippen molar-refractivity contribution in [3.05, 3.63) is 36.0 Å². The van der Waals surface area contributed by atoms with Gasteiger partial charge in [-0.25, -0.2) is 9.68 Å². The quantitative estimate of drug-likeness (QED) is 0.355. The minimum atomic E-state index is -0.265. The Bertz CT molecular complexity index is 775. The molecular formula is C19H25N3O6S. The SMILES string of the molecule is COOSc1ccc(OCc2nc(C3CCN(C(=O)OC(C)C)CC3)no2)cc1. The Morgan fingerprint density at radius 3 is 2.66 bits per heavy atom. The summed E-state index contributed by atoms with van der Waals surface area (Å²) in [5, 5.41) is 4.08. The molecule has 0 aliphatic carbocycles. The predicted octanol–water partition coefficient (Wildman–Crippen LogP) is 3.96. The normalized spacial score (nSPS) is 15.0. The number of rotatable bonds is 8. The highest BCUT2D eigenvalue weighted by atomic mass is 32.2. The summed E-state index contributed by atoms with van der Waals surface area (Å²) in [5.74, 6) is 1.92. The third kappa shape index (κ3) is 6.34. The molecule has 0 radical (unpaired) electrons. The van der Waals surface area contributed by atoms with Crippen LogP contribution in [-0.2, 0) is 20.6 Å². The molecule has 1 saturated heterocycles. The summed E-state index contributed by atoms with van der Waals surface area (Å²) >= 11 is 1.12. The van der Waals surface area contributed by atoms with Gasteiger partial charge in [-0.1, -0.05) is 5.16 Å². The Morgan fingerprint density at radius 1 is 1.28 bits per heavy atom. The van der Waals surface area contributed by atoms with Crippen LogP contribution in [0.4, 0.5) is 4.79 Å². The van der Waals surface area contributed by atoms with E-state index in [1.807, 2.05) is 38.1 Å². The average Bonchev–Trinajstić information content (AvgIpc) is 3.20. The molecular weight excluding hydrogens is 398 g/mol. The molecule has 9 nitrogen and oxygen atoms in total. The smallest absolute Gasteiger partial charge is 0.410 e. The van der Waals surface area contributed by atoms with Crippen molar-refractivity contribution in [1.29, 1.82) is 0 Å². The second-order valence-corrected chi connectivity index (χ2v) is 7.59. The Kier molecular flexibility index (Phi) is 7.73. The van der Waals surface area contributed by atoms with Gasteiger partial charge in [-0.2, -0.15) is 9.32 Å². The van der Waals surface area contributed by atoms with E-state index < -0.39 is 0 Å². The molecule has 1 aliphatic rings. The van der Waals surface area contributed by atoms with Crippen molar-refractivity contribution >= 4 is 18.1 Å². The lowest BCUT2D eigenvalue weighted by molar-refractivity contribution is -0.160. The molecule has 0 N–H and O–H groups in total. The van der Waals surface area contributed by atoms with Crippen LogP contribution in [0.1, 0.15) is 44.3 Å². The van der Waals surface area contributed by atoms with Crippen LogP contribution in [0.2, 0.25) is 0 Å². The van der Waals surface area contributed by atoms with Gasteiger partial charge in [0.25, 0.3) is 5.89 Å². The maximum absolute atomic E-state index is 12.0. The Balaban J connectivity index is 1.46. The number of nitrogens with zero attached hydrogens (tertiary/aromatic N) is 3. The molecule has 0 spiro atoms. The van der Waals surface area contributed by atoms with Crippen molar-refractivity contribution in [3.63, 3.8) is 0 Å². The number of hydrogen-bond acceptors (Lipinski definition) is 9. The molecule has 1 aliphatic heterocycles. The number of carbonyl (C=O) groups excluding carboxylic acids is 1. The van der Waals surface area contributed by atoms with Crippen LogP contribution in [-0.4, -0.2) is 47.4 Å². The van der Waals surface area contributed by atoms with Crippen molar-refractivity contribution < 1.29 is 28.0 Å². The van der Waals surface area contributed by atoms with E-state index in [0.717, 1.165) is 29.8 Å². The van der Waals surface area contributed by atoms with Gasteiger partial charge in [-0.05, 0) is 51.0 Å². The number of hydrogen-bond donors (Lipinski definition) is 0. The number of ether oxygens (including phenoxy) is 2. The highest BCUT2D eigenvalue weighted by Gasteiger charge is 2.28. The maximum Gasteiger partial charge on any atom is 0.410 e. The molecule has 1 aromatic heterocycles. The average molecular weight is 423 g/mol. The Morgan fingerprint density at radius 2 is 2.00 bits per heavy atom. The van der Waals surface area contributed by atoms with Crippen molar-refractivity contribution in [2.24, 2.45) is 0 Å². The zero-order chi connectivity index (χ0) is 20.6. The van der Waals surface area contributed by atoms with Gasteiger partial charge in [0.15, 0.2) is 12.4 Å². The number of benzene rings is 1. The molecule has 0 bridgehead atoms. The Labute approximate surface area is 173 Å². The second kappa shape index (κ2) is 10.5. The zero-order valence-corrected chi connectivity index (χ0v) is 17.5. The molecule has 1 fully saturated rings. The largest absolute Gasteiger partial charge is 0.484 e. The number of carbonyl (C=O) groups is 1. The molecule has 1 aromatic carbocycles. The maximum atomic E-state index is 12.0. The summed E-state index contributed by atoms with van der Waals surface area (Å²) in [6.45, 7) is 5.11. The van der Waals surface area contributed by atoms with Crippen molar-refractivity contribution in [1.82, 2.24) is 15.0 Å². The van der Waals surface area contributed by atoms with Crippen LogP contribution in [0, 0.1) is 0 Å². The monoisotopic (exact) mass is 423 g/mol.